The van der Waals surface area contributed by atoms with E-state index in [9.17, 15) is 9.59 Å². The van der Waals surface area contributed by atoms with E-state index in [-0.39, 0.29) is 11.9 Å². The van der Waals surface area contributed by atoms with E-state index in [1.165, 1.54) is 22.7 Å². The average molecular weight is 367 g/mol. The minimum Gasteiger partial charge on any atom is -0.322 e. The number of carbonyl (C=O) groups excluding carboxylic acids is 2. The standard InChI is InChI=1S/C20H25N5O2/c1-14-4-3-5-16(8-14)9-23-10-17-12-24(13-18(17)11-23)20(27)25-7-6-19(22-25)21-15(2)26/h3-8,17-18H,9-13H2,1-2H3,(H,21,22,26). The monoisotopic (exact) mass is 367 g/mol. The zero-order valence-corrected chi connectivity index (χ0v) is 15.8. The van der Waals surface area contributed by atoms with Crippen LogP contribution in [-0.2, 0) is 11.3 Å². The topological polar surface area (TPSA) is 70.5 Å². The van der Waals surface area contributed by atoms with Gasteiger partial charge in [0.05, 0.1) is 0 Å². The number of rotatable bonds is 3. The minimum atomic E-state index is -0.197. The van der Waals surface area contributed by atoms with Crippen LogP contribution in [0.25, 0.3) is 0 Å². The van der Waals surface area contributed by atoms with Crippen molar-refractivity contribution in [3.8, 4) is 0 Å². The van der Waals surface area contributed by atoms with E-state index in [1.54, 1.807) is 12.3 Å². The highest BCUT2D eigenvalue weighted by Crippen LogP contribution is 2.32. The van der Waals surface area contributed by atoms with Crippen LogP contribution in [0.3, 0.4) is 0 Å². The molecule has 0 saturated carbocycles. The van der Waals surface area contributed by atoms with Gasteiger partial charge >= 0.3 is 6.03 Å². The average Bonchev–Trinajstić information content (AvgIpc) is 3.28. The summed E-state index contributed by atoms with van der Waals surface area (Å²) in [6, 6.07) is 10.2. The normalized spacial score (nSPS) is 22.1. The molecule has 1 N–H and O–H groups in total. The Labute approximate surface area is 158 Å². The Morgan fingerprint density at radius 3 is 2.56 bits per heavy atom. The quantitative estimate of drug-likeness (QED) is 0.903. The molecule has 0 spiro atoms. The number of likely N-dealkylation sites (tertiary alicyclic amines) is 2. The van der Waals surface area contributed by atoms with Gasteiger partial charge in [-0.2, -0.15) is 4.68 Å². The summed E-state index contributed by atoms with van der Waals surface area (Å²) in [5.41, 5.74) is 2.64. The van der Waals surface area contributed by atoms with Crippen LogP contribution in [0, 0.1) is 18.8 Å². The molecule has 1 aromatic heterocycles. The molecular weight excluding hydrogens is 342 g/mol. The van der Waals surface area contributed by atoms with Gasteiger partial charge in [-0.05, 0) is 24.3 Å². The highest BCUT2D eigenvalue weighted by Gasteiger charge is 2.41. The van der Waals surface area contributed by atoms with Crippen LogP contribution < -0.4 is 5.32 Å². The number of amides is 2. The lowest BCUT2D eigenvalue weighted by Crippen LogP contribution is -2.36. The molecular formula is C20H25N5O2. The molecule has 4 rings (SSSR count). The number of benzene rings is 1. The summed E-state index contributed by atoms with van der Waals surface area (Å²) in [5.74, 6) is 1.24. The maximum atomic E-state index is 12.7. The molecule has 2 aliphatic heterocycles. The second-order valence-corrected chi connectivity index (χ2v) is 7.72. The lowest BCUT2D eigenvalue weighted by Gasteiger charge is -2.21. The van der Waals surface area contributed by atoms with E-state index in [1.807, 2.05) is 4.90 Å². The molecule has 2 amide bonds. The second kappa shape index (κ2) is 7.15. The number of fused-ring (bicyclic) bond motifs is 1. The third-order valence-electron chi connectivity index (χ3n) is 5.41. The lowest BCUT2D eigenvalue weighted by atomic mass is 10.0. The fourth-order valence-electron chi connectivity index (χ4n) is 4.27. The fourth-order valence-corrected chi connectivity index (χ4v) is 4.27. The van der Waals surface area contributed by atoms with Crippen LogP contribution in [0.2, 0.25) is 0 Å². The Hall–Kier alpha value is -2.67. The summed E-state index contributed by atoms with van der Waals surface area (Å²) in [6.45, 7) is 8.11. The first-order chi connectivity index (χ1) is 13.0. The first-order valence-corrected chi connectivity index (χ1v) is 9.38. The first kappa shape index (κ1) is 17.7. The Kier molecular flexibility index (Phi) is 4.70. The number of carbonyl (C=O) groups is 2. The highest BCUT2D eigenvalue weighted by atomic mass is 16.2. The Bertz CT molecular complexity index is 848. The number of nitrogens with one attached hydrogen (secondary N) is 1. The summed E-state index contributed by atoms with van der Waals surface area (Å²) < 4.78 is 1.32. The molecule has 7 heteroatoms. The third kappa shape index (κ3) is 3.88. The van der Waals surface area contributed by atoms with Crippen molar-refractivity contribution in [3.63, 3.8) is 0 Å². The van der Waals surface area contributed by atoms with Gasteiger partial charge in [0.2, 0.25) is 5.91 Å². The minimum absolute atomic E-state index is 0.119. The van der Waals surface area contributed by atoms with Gasteiger partial charge in [-0.1, -0.05) is 29.8 Å². The van der Waals surface area contributed by atoms with E-state index < -0.39 is 0 Å². The maximum Gasteiger partial charge on any atom is 0.344 e. The molecule has 2 aliphatic rings. The summed E-state index contributed by atoms with van der Waals surface area (Å²) in [7, 11) is 0. The molecule has 3 heterocycles. The third-order valence-corrected chi connectivity index (χ3v) is 5.41. The van der Waals surface area contributed by atoms with E-state index in [0.717, 1.165) is 32.7 Å². The molecule has 0 aliphatic carbocycles. The molecule has 7 nitrogen and oxygen atoms in total. The van der Waals surface area contributed by atoms with Crippen molar-refractivity contribution in [1.29, 1.82) is 0 Å². The molecule has 2 atom stereocenters. The second-order valence-electron chi connectivity index (χ2n) is 7.72. The lowest BCUT2D eigenvalue weighted by molar-refractivity contribution is -0.114. The van der Waals surface area contributed by atoms with E-state index in [0.29, 0.717) is 17.7 Å². The number of hydrogen-bond donors (Lipinski definition) is 1. The molecule has 142 valence electrons. The van der Waals surface area contributed by atoms with Gasteiger partial charge in [0.1, 0.15) is 0 Å². The highest BCUT2D eigenvalue weighted by molar-refractivity contribution is 5.88. The Morgan fingerprint density at radius 2 is 1.89 bits per heavy atom. The molecule has 0 bridgehead atoms. The van der Waals surface area contributed by atoms with Crippen molar-refractivity contribution in [3.05, 3.63) is 47.7 Å². The van der Waals surface area contributed by atoms with E-state index in [4.69, 9.17) is 0 Å². The van der Waals surface area contributed by atoms with E-state index in [2.05, 4.69) is 46.5 Å². The van der Waals surface area contributed by atoms with Crippen molar-refractivity contribution in [1.82, 2.24) is 19.6 Å². The molecule has 2 saturated heterocycles. The Morgan fingerprint density at radius 1 is 1.15 bits per heavy atom. The zero-order valence-electron chi connectivity index (χ0n) is 15.8. The Balaban J connectivity index is 1.33. The number of hydrogen-bond acceptors (Lipinski definition) is 4. The van der Waals surface area contributed by atoms with Crippen molar-refractivity contribution in [2.45, 2.75) is 20.4 Å². The maximum absolute atomic E-state index is 12.7. The van der Waals surface area contributed by atoms with Gasteiger partial charge in [-0.25, -0.2) is 4.79 Å². The van der Waals surface area contributed by atoms with Crippen LogP contribution >= 0.6 is 0 Å². The van der Waals surface area contributed by atoms with Crippen molar-refractivity contribution in [2.24, 2.45) is 11.8 Å². The van der Waals surface area contributed by atoms with Crippen LogP contribution in [-0.4, -0.2) is 57.7 Å². The van der Waals surface area contributed by atoms with Crippen molar-refractivity contribution in [2.75, 3.05) is 31.5 Å². The molecule has 1 aromatic carbocycles. The largest absolute Gasteiger partial charge is 0.344 e. The molecule has 0 radical (unpaired) electrons. The van der Waals surface area contributed by atoms with Crippen molar-refractivity contribution >= 4 is 17.8 Å². The molecule has 2 unspecified atom stereocenters. The summed E-state index contributed by atoms with van der Waals surface area (Å²) in [6.07, 6.45) is 1.60. The van der Waals surface area contributed by atoms with Crippen LogP contribution in [0.1, 0.15) is 18.1 Å². The predicted octanol–water partition coefficient (Wildman–Crippen LogP) is 2.18. The van der Waals surface area contributed by atoms with Crippen molar-refractivity contribution < 1.29 is 9.59 Å². The first-order valence-electron chi connectivity index (χ1n) is 9.38. The number of anilines is 1. The number of aryl methyl sites for hydroxylation is 1. The van der Waals surface area contributed by atoms with Gasteiger partial charge < -0.3 is 10.2 Å². The fraction of sp³-hybridized carbons (Fsp3) is 0.450. The van der Waals surface area contributed by atoms with Gasteiger partial charge in [-0.15, -0.1) is 5.10 Å². The number of nitrogens with zero attached hydrogens (tertiary/aromatic N) is 4. The zero-order chi connectivity index (χ0) is 19.0. The van der Waals surface area contributed by atoms with Crippen LogP contribution in [0.15, 0.2) is 36.5 Å². The van der Waals surface area contributed by atoms with Gasteiger partial charge in [-0.3, -0.25) is 9.69 Å². The number of aromatic nitrogens is 2. The summed E-state index contributed by atoms with van der Waals surface area (Å²) >= 11 is 0. The smallest absolute Gasteiger partial charge is 0.322 e. The molecule has 27 heavy (non-hydrogen) atoms. The van der Waals surface area contributed by atoms with Gasteiger partial charge in [0.15, 0.2) is 5.82 Å². The van der Waals surface area contributed by atoms with Crippen LogP contribution in [0.4, 0.5) is 10.6 Å². The van der Waals surface area contributed by atoms with E-state index >= 15 is 0 Å². The molecule has 2 fully saturated rings. The van der Waals surface area contributed by atoms with Gasteiger partial charge in [0, 0.05) is 51.9 Å². The SMILES string of the molecule is CC(=O)Nc1ccn(C(=O)N2CC3CN(Cc4cccc(C)c4)CC3C2)n1. The summed E-state index contributed by atoms with van der Waals surface area (Å²) in [4.78, 5) is 28.2. The van der Waals surface area contributed by atoms with Gasteiger partial charge in [0.25, 0.3) is 0 Å². The molecule has 2 aromatic rings. The summed E-state index contributed by atoms with van der Waals surface area (Å²) in [5, 5.41) is 6.75. The van der Waals surface area contributed by atoms with Crippen LogP contribution in [0.5, 0.6) is 0 Å². The predicted molar refractivity (Wildman–Crippen MR) is 102 cm³/mol.